The first-order valence-electron chi connectivity index (χ1n) is 30.6. The van der Waals surface area contributed by atoms with Crippen molar-refractivity contribution in [2.75, 3.05) is 19.6 Å². The second kappa shape index (κ2) is 24.5. The number of alkyl halides is 6. The van der Waals surface area contributed by atoms with Crippen molar-refractivity contribution in [3.63, 3.8) is 0 Å². The van der Waals surface area contributed by atoms with Crippen molar-refractivity contribution in [2.45, 2.75) is 17.8 Å². The maximum atomic E-state index is 15.4. The van der Waals surface area contributed by atoms with Gasteiger partial charge in [-0.15, -0.1) is 0 Å². The van der Waals surface area contributed by atoms with Crippen molar-refractivity contribution >= 4 is 108 Å². The molecule has 0 fully saturated rings. The normalized spacial score (nSPS) is 14.2. The predicted molar refractivity (Wildman–Crippen MR) is 367 cm³/mol. The van der Waals surface area contributed by atoms with E-state index in [0.29, 0.717) is 46.6 Å². The summed E-state index contributed by atoms with van der Waals surface area (Å²) in [7, 11) is 0. The van der Waals surface area contributed by atoms with E-state index < -0.39 is 81.1 Å². The number of halogens is 8. The standard InChI is InChI=1S/C77H39Br2F6N5O12/c78-61-38-47(90(99)100)39-62(79)66(61)89-68(92)56-35-17-42(37-60(56)72(89)96)54-12-7-14-58-65(54)74(98)87(70(58)94)46-24-32-51(33-25-46)102-49-28-20-44(21-29-49)75(76(80,81)82,77(83,84)85)43-18-26-48(27-19-43)101-50-30-22-45(23-31-50)86-69(93)57-13-6-11-53(64(57)73(86)97)41-16-34-55-59(36-41)71(95)88(67(55)91)63-15-5-4-10-52(63)40-8-2-1-3-9-40/h1-39H. The number of hydrogen-bond acceptors (Lipinski definition) is 12. The summed E-state index contributed by atoms with van der Waals surface area (Å²) in [6.45, 7) is 0. The molecule has 4 heterocycles. The highest BCUT2D eigenvalue weighted by atomic mass is 79.9. The molecule has 11 aromatic carbocycles. The van der Waals surface area contributed by atoms with E-state index in [1.165, 1.54) is 97.1 Å². The Morgan fingerprint density at radius 3 is 1.13 bits per heavy atom. The lowest BCUT2D eigenvalue weighted by molar-refractivity contribution is -0.385. The highest BCUT2D eigenvalue weighted by molar-refractivity contribution is 9.11. The van der Waals surface area contributed by atoms with Crippen molar-refractivity contribution in [1.82, 2.24) is 0 Å². The molecule has 0 N–H and O–H groups in total. The third kappa shape index (κ3) is 10.4. The van der Waals surface area contributed by atoms with Crippen LogP contribution >= 0.6 is 31.9 Å². The molecule has 0 unspecified atom stereocenters. The molecule has 0 atom stereocenters. The SMILES string of the molecule is O=C1c2cccc(-c3ccc4c(c3)C(=O)N(c3ccccc3-c3ccccc3)C4=O)c2C(=O)N1c1ccc(Oc2ccc(C(c3ccc(Oc4ccc(N5C(=O)c6cccc(-c7ccc8c(c7)C(=O)N(c7c(Br)cc([N+](=O)[O-])cc7Br)C8=O)c6C5=O)cc4)cc3)(C(F)(F)F)C(F)(F)F)cc2)cc1. The second-order valence-corrected chi connectivity index (χ2v) is 25.4. The van der Waals surface area contributed by atoms with Gasteiger partial charge in [0.2, 0.25) is 5.41 Å². The van der Waals surface area contributed by atoms with Gasteiger partial charge in [0.1, 0.15) is 23.0 Å². The van der Waals surface area contributed by atoms with E-state index in [-0.39, 0.29) is 110 Å². The number of rotatable bonds is 14. The number of para-hydroxylation sites is 1. The van der Waals surface area contributed by atoms with Crippen LogP contribution in [0.25, 0.3) is 33.4 Å². The Labute approximate surface area is 588 Å². The van der Waals surface area contributed by atoms with Crippen molar-refractivity contribution in [3.05, 3.63) is 311 Å². The van der Waals surface area contributed by atoms with E-state index >= 15 is 26.3 Å². The van der Waals surface area contributed by atoms with Gasteiger partial charge < -0.3 is 9.47 Å². The van der Waals surface area contributed by atoms with E-state index in [9.17, 15) is 48.5 Å². The minimum absolute atomic E-state index is 0.00202. The average Bonchev–Trinajstić information content (AvgIpc) is 0.949. The molecule has 500 valence electrons. The summed E-state index contributed by atoms with van der Waals surface area (Å²) >= 11 is 6.46. The van der Waals surface area contributed by atoms with Crippen LogP contribution in [0.5, 0.6) is 23.0 Å². The lowest BCUT2D eigenvalue weighted by Crippen LogP contribution is -2.54. The molecule has 17 nitrogen and oxygen atoms in total. The number of nitro benzene ring substituents is 1. The topological polar surface area (TPSA) is 211 Å². The summed E-state index contributed by atoms with van der Waals surface area (Å²) in [4.78, 5) is 127. The van der Waals surface area contributed by atoms with Crippen LogP contribution in [0.1, 0.15) is 94.0 Å². The number of nitro groups is 1. The molecule has 0 radical (unpaired) electrons. The summed E-state index contributed by atoms with van der Waals surface area (Å²) in [5.74, 6) is -5.86. The molecule has 0 aromatic heterocycles. The van der Waals surface area contributed by atoms with Crippen LogP contribution < -0.4 is 29.1 Å². The molecule has 0 aliphatic carbocycles. The summed E-state index contributed by atoms with van der Waals surface area (Å²) in [6.07, 6.45) is -12.0. The maximum Gasteiger partial charge on any atom is 0.411 e. The Bertz CT molecular complexity index is 5490. The number of anilines is 4. The summed E-state index contributed by atoms with van der Waals surface area (Å²) in [5, 5.41) is 11.5. The first-order valence-corrected chi connectivity index (χ1v) is 32.2. The quantitative estimate of drug-likeness (QED) is 0.0431. The van der Waals surface area contributed by atoms with Crippen molar-refractivity contribution in [1.29, 1.82) is 0 Å². The van der Waals surface area contributed by atoms with Crippen LogP contribution in [-0.4, -0.2) is 64.5 Å². The Balaban J connectivity index is 0.619. The fraction of sp³-hybridized carbons (Fsp3) is 0.0390. The number of non-ortho nitro benzene ring substituents is 1. The van der Waals surface area contributed by atoms with Gasteiger partial charge in [0.25, 0.3) is 52.9 Å². The Morgan fingerprint density at radius 1 is 0.333 bits per heavy atom. The molecule has 8 amide bonds. The molecule has 4 aliphatic heterocycles. The van der Waals surface area contributed by atoms with Crippen molar-refractivity contribution in [2.24, 2.45) is 0 Å². The van der Waals surface area contributed by atoms with E-state index in [1.807, 2.05) is 30.3 Å². The molecule has 4 aliphatic rings. The summed E-state index contributed by atoms with van der Waals surface area (Å²) in [6, 6.07) is 53.4. The molecule has 0 saturated carbocycles. The monoisotopic (exact) mass is 1500 g/mol. The molecule has 15 rings (SSSR count). The predicted octanol–water partition coefficient (Wildman–Crippen LogP) is 18.3. The highest BCUT2D eigenvalue weighted by Crippen LogP contribution is 2.57. The van der Waals surface area contributed by atoms with Crippen LogP contribution in [0.2, 0.25) is 0 Å². The fourth-order valence-electron chi connectivity index (χ4n) is 13.3. The van der Waals surface area contributed by atoms with Gasteiger partial charge in [-0.2, -0.15) is 26.3 Å². The van der Waals surface area contributed by atoms with Crippen LogP contribution in [-0.2, 0) is 5.41 Å². The molecule has 25 heteroatoms. The van der Waals surface area contributed by atoms with Gasteiger partial charge in [-0.1, -0.05) is 109 Å². The number of amides is 8. The second-order valence-electron chi connectivity index (χ2n) is 23.6. The Kier molecular flexibility index (Phi) is 15.7. The number of nitrogens with zero attached hydrogens (tertiary/aromatic N) is 5. The third-order valence-electron chi connectivity index (χ3n) is 18.0. The van der Waals surface area contributed by atoms with Gasteiger partial charge in [-0.25, -0.2) is 19.6 Å². The molecular formula is C77H39Br2F6N5O12. The molecule has 0 spiro atoms. The number of carbonyl (C=O) groups is 8. The van der Waals surface area contributed by atoms with E-state index in [2.05, 4.69) is 31.9 Å². The zero-order chi connectivity index (χ0) is 71.6. The molecule has 0 saturated heterocycles. The lowest BCUT2D eigenvalue weighted by Gasteiger charge is -2.38. The Morgan fingerprint density at radius 2 is 0.696 bits per heavy atom. The van der Waals surface area contributed by atoms with E-state index in [4.69, 9.17) is 9.47 Å². The van der Waals surface area contributed by atoms with Crippen LogP contribution in [0.3, 0.4) is 0 Å². The van der Waals surface area contributed by atoms with Gasteiger partial charge in [-0.3, -0.25) is 48.5 Å². The van der Waals surface area contributed by atoms with Gasteiger partial charge in [0, 0.05) is 26.6 Å². The smallest absolute Gasteiger partial charge is 0.411 e. The number of carbonyl (C=O) groups excluding carboxylic acids is 8. The molecule has 102 heavy (non-hydrogen) atoms. The minimum atomic E-state index is -5.98. The Hall–Kier alpha value is -12.5. The maximum absolute atomic E-state index is 15.4. The zero-order valence-corrected chi connectivity index (χ0v) is 54.8. The third-order valence-corrected chi connectivity index (χ3v) is 19.2. The summed E-state index contributed by atoms with van der Waals surface area (Å²) < 4.78 is 104. The van der Waals surface area contributed by atoms with Gasteiger partial charge in [0.05, 0.1) is 72.2 Å². The van der Waals surface area contributed by atoms with E-state index in [1.54, 1.807) is 48.5 Å². The molecule has 0 bridgehead atoms. The minimum Gasteiger partial charge on any atom is -0.457 e. The van der Waals surface area contributed by atoms with Crippen molar-refractivity contribution < 1.29 is 79.1 Å². The van der Waals surface area contributed by atoms with Crippen LogP contribution in [0, 0.1) is 10.1 Å². The number of ether oxygens (including phenoxy) is 2. The van der Waals surface area contributed by atoms with Gasteiger partial charge in [-0.05, 0) is 186 Å². The fourth-order valence-corrected chi connectivity index (χ4v) is 14.8. The largest absolute Gasteiger partial charge is 0.457 e. The first kappa shape index (κ1) is 65.5. The number of hydrogen-bond donors (Lipinski definition) is 0. The number of fused-ring (bicyclic) bond motifs is 4. The first-order chi connectivity index (χ1) is 48.8. The summed E-state index contributed by atoms with van der Waals surface area (Å²) in [5.41, 5.74) is -3.92. The molecule has 11 aromatic rings. The zero-order valence-electron chi connectivity index (χ0n) is 51.7. The average molecular weight is 1500 g/mol. The van der Waals surface area contributed by atoms with Crippen molar-refractivity contribution in [3.8, 4) is 56.4 Å². The lowest BCUT2D eigenvalue weighted by atomic mass is 9.73. The highest BCUT2D eigenvalue weighted by Gasteiger charge is 2.72. The van der Waals surface area contributed by atoms with Crippen LogP contribution in [0.4, 0.5) is 54.8 Å². The van der Waals surface area contributed by atoms with E-state index in [0.717, 1.165) is 61.6 Å². The van der Waals surface area contributed by atoms with Gasteiger partial charge >= 0.3 is 12.4 Å². The molecular weight excluding hydrogens is 1460 g/mol. The van der Waals surface area contributed by atoms with Gasteiger partial charge in [0.15, 0.2) is 0 Å². The van der Waals surface area contributed by atoms with Crippen LogP contribution in [0.15, 0.2) is 246 Å². The number of imide groups is 4. The number of benzene rings is 11.